The van der Waals surface area contributed by atoms with Crippen molar-refractivity contribution < 1.29 is 0 Å². The van der Waals surface area contributed by atoms with E-state index in [4.69, 9.17) is 11.5 Å². The second kappa shape index (κ2) is 5.76. The molecule has 0 aliphatic carbocycles. The van der Waals surface area contributed by atoms with Crippen LogP contribution in [-0.2, 0) is 6.42 Å². The van der Waals surface area contributed by atoms with E-state index in [1.807, 2.05) is 12.1 Å². The molecule has 2 heteroatoms. The summed E-state index contributed by atoms with van der Waals surface area (Å²) in [5.41, 5.74) is 15.2. The van der Waals surface area contributed by atoms with Crippen LogP contribution in [0, 0.1) is 0 Å². The van der Waals surface area contributed by atoms with Crippen molar-refractivity contribution in [3.63, 3.8) is 0 Å². The minimum atomic E-state index is 0.778. The van der Waals surface area contributed by atoms with E-state index in [0.29, 0.717) is 0 Å². The van der Waals surface area contributed by atoms with Gasteiger partial charge in [0.2, 0.25) is 0 Å². The number of nitrogens with two attached hydrogens (primary N) is 2. The smallest absolute Gasteiger partial charge is 0.0447 e. The average molecular weight is 242 g/mol. The zero-order valence-electron chi connectivity index (χ0n) is 11.1. The molecule has 0 aliphatic rings. The number of unbranched alkanes of at least 4 members (excludes halogenated alkanes) is 3. The van der Waals surface area contributed by atoms with Crippen molar-refractivity contribution in [1.82, 2.24) is 0 Å². The lowest BCUT2D eigenvalue weighted by Crippen LogP contribution is -1.98. The number of benzene rings is 2. The molecule has 2 nitrogen and oxygen atoms in total. The van der Waals surface area contributed by atoms with Gasteiger partial charge in [-0.3, -0.25) is 0 Å². The molecular weight excluding hydrogens is 220 g/mol. The topological polar surface area (TPSA) is 52.0 Å². The molecule has 2 aromatic rings. The van der Waals surface area contributed by atoms with Crippen LogP contribution in [0.25, 0.3) is 10.8 Å². The highest BCUT2D eigenvalue weighted by atomic mass is 14.6. The Morgan fingerprint density at radius 1 is 0.944 bits per heavy atom. The summed E-state index contributed by atoms with van der Waals surface area (Å²) < 4.78 is 0. The predicted octanol–water partition coefficient (Wildman–Crippen LogP) is 4.13. The molecule has 2 rings (SSSR count). The summed E-state index contributed by atoms with van der Waals surface area (Å²) >= 11 is 0. The van der Waals surface area contributed by atoms with Crippen LogP contribution in [0.2, 0.25) is 0 Å². The number of hydrogen-bond acceptors (Lipinski definition) is 2. The molecule has 0 atom stereocenters. The molecule has 0 aromatic heterocycles. The average Bonchev–Trinajstić information content (AvgIpc) is 2.37. The van der Waals surface area contributed by atoms with E-state index in [1.54, 1.807) is 0 Å². The highest BCUT2D eigenvalue weighted by Crippen LogP contribution is 2.30. The summed E-state index contributed by atoms with van der Waals surface area (Å²) in [6, 6.07) is 10.2. The van der Waals surface area contributed by atoms with Crippen LogP contribution in [0.1, 0.15) is 38.2 Å². The van der Waals surface area contributed by atoms with Crippen molar-refractivity contribution in [2.24, 2.45) is 0 Å². The van der Waals surface area contributed by atoms with Crippen LogP contribution in [-0.4, -0.2) is 0 Å². The first-order valence-corrected chi connectivity index (χ1v) is 6.79. The van der Waals surface area contributed by atoms with Gasteiger partial charge in [-0.15, -0.1) is 0 Å². The monoisotopic (exact) mass is 242 g/mol. The van der Waals surface area contributed by atoms with Gasteiger partial charge in [-0.05, 0) is 29.9 Å². The molecule has 0 amide bonds. The maximum Gasteiger partial charge on any atom is 0.0447 e. The fourth-order valence-electron chi connectivity index (χ4n) is 2.44. The van der Waals surface area contributed by atoms with Crippen LogP contribution >= 0.6 is 0 Å². The molecule has 0 aliphatic heterocycles. The van der Waals surface area contributed by atoms with Gasteiger partial charge >= 0.3 is 0 Å². The second-order valence-corrected chi connectivity index (χ2v) is 4.89. The molecule has 0 bridgehead atoms. The first-order valence-electron chi connectivity index (χ1n) is 6.79. The van der Waals surface area contributed by atoms with Gasteiger partial charge in [0, 0.05) is 16.8 Å². The summed E-state index contributed by atoms with van der Waals surface area (Å²) in [6.07, 6.45) is 6.10. The Morgan fingerprint density at radius 2 is 1.78 bits per heavy atom. The van der Waals surface area contributed by atoms with Crippen molar-refractivity contribution in [2.45, 2.75) is 39.0 Å². The number of fused-ring (bicyclic) bond motifs is 1. The molecule has 96 valence electrons. The largest absolute Gasteiger partial charge is 0.398 e. The fourth-order valence-corrected chi connectivity index (χ4v) is 2.44. The number of nitrogen functional groups attached to an aromatic ring is 2. The van der Waals surface area contributed by atoms with E-state index in [9.17, 15) is 0 Å². The number of rotatable bonds is 5. The SMILES string of the molecule is CCCCCCc1ccc2cccc(N)c2c1N. The van der Waals surface area contributed by atoms with Gasteiger partial charge in [0.25, 0.3) is 0 Å². The van der Waals surface area contributed by atoms with Crippen LogP contribution < -0.4 is 11.5 Å². The Bertz CT molecular complexity index is 532. The maximum absolute atomic E-state index is 6.25. The van der Waals surface area contributed by atoms with Gasteiger partial charge in [-0.1, -0.05) is 50.5 Å². The van der Waals surface area contributed by atoms with Crippen molar-refractivity contribution in [1.29, 1.82) is 0 Å². The summed E-state index contributed by atoms with van der Waals surface area (Å²) in [6.45, 7) is 2.23. The quantitative estimate of drug-likeness (QED) is 0.612. The number of aryl methyl sites for hydroxylation is 1. The van der Waals surface area contributed by atoms with Crippen molar-refractivity contribution in [2.75, 3.05) is 11.5 Å². The van der Waals surface area contributed by atoms with E-state index >= 15 is 0 Å². The molecule has 0 unspecified atom stereocenters. The normalized spacial score (nSPS) is 10.9. The lowest BCUT2D eigenvalue weighted by Gasteiger charge is -2.11. The Balaban J connectivity index is 2.24. The van der Waals surface area contributed by atoms with Gasteiger partial charge in [0.15, 0.2) is 0 Å². The lowest BCUT2D eigenvalue weighted by molar-refractivity contribution is 0.667. The first kappa shape index (κ1) is 12.7. The van der Waals surface area contributed by atoms with Crippen LogP contribution in [0.4, 0.5) is 11.4 Å². The molecule has 0 fully saturated rings. The molecule has 0 radical (unpaired) electrons. The van der Waals surface area contributed by atoms with E-state index < -0.39 is 0 Å². The van der Waals surface area contributed by atoms with Crippen molar-refractivity contribution >= 4 is 22.1 Å². The van der Waals surface area contributed by atoms with Gasteiger partial charge in [0.05, 0.1) is 0 Å². The predicted molar refractivity (Wildman–Crippen MR) is 80.6 cm³/mol. The number of hydrogen-bond donors (Lipinski definition) is 2. The summed E-state index contributed by atoms with van der Waals surface area (Å²) in [5.74, 6) is 0. The van der Waals surface area contributed by atoms with Crippen molar-refractivity contribution in [3.05, 3.63) is 35.9 Å². The van der Waals surface area contributed by atoms with Crippen LogP contribution in [0.5, 0.6) is 0 Å². The highest BCUT2D eigenvalue weighted by Gasteiger charge is 2.06. The maximum atomic E-state index is 6.25. The van der Waals surface area contributed by atoms with E-state index in [0.717, 1.165) is 28.6 Å². The lowest BCUT2D eigenvalue weighted by atomic mass is 9.99. The minimum absolute atomic E-state index is 0.778. The van der Waals surface area contributed by atoms with Gasteiger partial charge < -0.3 is 11.5 Å². The Morgan fingerprint density at radius 3 is 2.56 bits per heavy atom. The summed E-state index contributed by atoms with van der Waals surface area (Å²) in [5, 5.41) is 2.15. The van der Waals surface area contributed by atoms with E-state index in [-0.39, 0.29) is 0 Å². The second-order valence-electron chi connectivity index (χ2n) is 4.89. The molecule has 0 heterocycles. The molecule has 0 spiro atoms. The van der Waals surface area contributed by atoms with Gasteiger partial charge in [-0.25, -0.2) is 0 Å². The third-order valence-electron chi connectivity index (χ3n) is 3.51. The summed E-state index contributed by atoms with van der Waals surface area (Å²) in [7, 11) is 0. The zero-order chi connectivity index (χ0) is 13.0. The third-order valence-corrected chi connectivity index (χ3v) is 3.51. The van der Waals surface area contributed by atoms with Gasteiger partial charge in [-0.2, -0.15) is 0 Å². The summed E-state index contributed by atoms with van der Waals surface area (Å²) in [4.78, 5) is 0. The highest BCUT2D eigenvalue weighted by molar-refractivity contribution is 6.02. The molecule has 18 heavy (non-hydrogen) atoms. The Labute approximate surface area is 109 Å². The van der Waals surface area contributed by atoms with Crippen molar-refractivity contribution in [3.8, 4) is 0 Å². The molecular formula is C16H22N2. The third kappa shape index (κ3) is 2.58. The molecule has 0 saturated heterocycles. The molecule has 2 aromatic carbocycles. The van der Waals surface area contributed by atoms with Gasteiger partial charge in [0.1, 0.15) is 0 Å². The van der Waals surface area contributed by atoms with Crippen LogP contribution in [0.15, 0.2) is 30.3 Å². The van der Waals surface area contributed by atoms with E-state index in [1.165, 1.54) is 31.2 Å². The Hall–Kier alpha value is -1.70. The fraction of sp³-hybridized carbons (Fsp3) is 0.375. The Kier molecular flexibility index (Phi) is 4.08. The standard InChI is InChI=1S/C16H22N2/c1-2-3-4-5-7-13-11-10-12-8-6-9-14(17)15(12)16(13)18/h6,8-11H,2-5,7,17-18H2,1H3. The molecule has 4 N–H and O–H groups in total. The number of anilines is 2. The zero-order valence-corrected chi connectivity index (χ0v) is 11.1. The first-order chi connectivity index (χ1) is 8.74. The van der Waals surface area contributed by atoms with Crippen LogP contribution in [0.3, 0.4) is 0 Å². The molecule has 0 saturated carbocycles. The van der Waals surface area contributed by atoms with E-state index in [2.05, 4.69) is 25.1 Å². The minimum Gasteiger partial charge on any atom is -0.398 e.